The minimum absolute atomic E-state index is 0.284. The average molecular weight is 170 g/mol. The predicted octanol–water partition coefficient (Wildman–Crippen LogP) is 1.31. The first-order chi connectivity index (χ1) is 5.64. The van der Waals surface area contributed by atoms with Crippen molar-refractivity contribution < 1.29 is 14.3 Å². The highest BCUT2D eigenvalue weighted by Gasteiger charge is 2.55. The van der Waals surface area contributed by atoms with Gasteiger partial charge in [-0.25, -0.2) is 0 Å². The van der Waals surface area contributed by atoms with Gasteiger partial charge in [-0.05, 0) is 12.8 Å². The Bertz CT molecular complexity index is 200. The van der Waals surface area contributed by atoms with Crippen LogP contribution >= 0.6 is 0 Å². The van der Waals surface area contributed by atoms with E-state index in [0.29, 0.717) is 12.3 Å². The summed E-state index contributed by atoms with van der Waals surface area (Å²) in [6.45, 7) is 3.43. The van der Waals surface area contributed by atoms with Crippen molar-refractivity contribution >= 4 is 12.3 Å². The van der Waals surface area contributed by atoms with Crippen molar-refractivity contribution in [1.82, 2.24) is 0 Å². The average Bonchev–Trinajstić information content (AvgIpc) is 2.62. The molecule has 0 saturated heterocycles. The summed E-state index contributed by atoms with van der Waals surface area (Å²) in [7, 11) is 0. The van der Waals surface area contributed by atoms with E-state index in [4.69, 9.17) is 4.74 Å². The Morgan fingerprint density at radius 1 is 1.75 bits per heavy atom. The highest BCUT2D eigenvalue weighted by Crippen LogP contribution is 2.51. The molecule has 0 spiro atoms. The van der Waals surface area contributed by atoms with Gasteiger partial charge in [0.15, 0.2) is 0 Å². The van der Waals surface area contributed by atoms with E-state index in [0.717, 1.165) is 19.1 Å². The largest absolute Gasteiger partial charge is 0.458 e. The molecule has 1 aliphatic rings. The Morgan fingerprint density at radius 3 is 2.75 bits per heavy atom. The van der Waals surface area contributed by atoms with E-state index in [1.165, 1.54) is 6.92 Å². The molecule has 1 fully saturated rings. The second-order valence-corrected chi connectivity index (χ2v) is 3.34. The van der Waals surface area contributed by atoms with Crippen LogP contribution < -0.4 is 0 Å². The third-order valence-corrected chi connectivity index (χ3v) is 2.44. The number of hydrogen-bond acceptors (Lipinski definition) is 3. The summed E-state index contributed by atoms with van der Waals surface area (Å²) in [4.78, 5) is 21.0. The normalized spacial score (nSPS) is 32.7. The smallest absolute Gasteiger partial charge is 0.303 e. The van der Waals surface area contributed by atoms with Gasteiger partial charge in [-0.2, -0.15) is 0 Å². The maximum atomic E-state index is 10.7. The molecular formula is C9H14O3. The fraction of sp³-hybridized carbons (Fsp3) is 0.778. The third-order valence-electron chi connectivity index (χ3n) is 2.44. The fourth-order valence-electron chi connectivity index (χ4n) is 1.72. The second-order valence-electron chi connectivity index (χ2n) is 3.34. The molecule has 0 N–H and O–H groups in total. The molecule has 12 heavy (non-hydrogen) atoms. The summed E-state index contributed by atoms with van der Waals surface area (Å²) >= 11 is 0. The van der Waals surface area contributed by atoms with Crippen LogP contribution in [0.4, 0.5) is 0 Å². The van der Waals surface area contributed by atoms with Crippen molar-refractivity contribution in [2.75, 3.05) is 0 Å². The van der Waals surface area contributed by atoms with Gasteiger partial charge in [0.05, 0.1) is 0 Å². The van der Waals surface area contributed by atoms with Crippen molar-refractivity contribution in [3.8, 4) is 0 Å². The lowest BCUT2D eigenvalue weighted by Crippen LogP contribution is -2.20. The zero-order valence-corrected chi connectivity index (χ0v) is 7.50. The molecule has 1 rings (SSSR count). The molecule has 0 aromatic carbocycles. The summed E-state index contributed by atoms with van der Waals surface area (Å²) in [6.07, 6.45) is 3.01. The summed E-state index contributed by atoms with van der Waals surface area (Å²) in [5.74, 6) is 0.111. The Morgan fingerprint density at radius 2 is 2.42 bits per heavy atom. The molecule has 0 unspecified atom stereocenters. The quantitative estimate of drug-likeness (QED) is 0.472. The van der Waals surface area contributed by atoms with Crippen LogP contribution in [0.3, 0.4) is 0 Å². The van der Waals surface area contributed by atoms with Crippen molar-refractivity contribution in [3.05, 3.63) is 0 Å². The van der Waals surface area contributed by atoms with Gasteiger partial charge in [0.25, 0.3) is 0 Å². The molecule has 0 bridgehead atoms. The van der Waals surface area contributed by atoms with E-state index in [9.17, 15) is 9.59 Å². The summed E-state index contributed by atoms with van der Waals surface area (Å²) in [5.41, 5.74) is -0.428. The summed E-state index contributed by atoms with van der Waals surface area (Å²) in [6, 6.07) is 0. The number of hydrogen-bond donors (Lipinski definition) is 0. The van der Waals surface area contributed by atoms with Crippen molar-refractivity contribution in [3.63, 3.8) is 0 Å². The molecule has 1 saturated carbocycles. The lowest BCUT2D eigenvalue weighted by Gasteiger charge is -2.13. The van der Waals surface area contributed by atoms with Crippen LogP contribution in [0.25, 0.3) is 0 Å². The van der Waals surface area contributed by atoms with Crippen molar-refractivity contribution in [2.24, 2.45) is 5.92 Å². The maximum absolute atomic E-state index is 10.7. The standard InChI is InChI=1S/C9H14O3/c1-3-8-6-9(8,4-5-10)12-7(2)11/h5,8H,3-4,6H2,1-2H3/t8-,9-/m0/s1. The number of ether oxygens (including phenoxy) is 1. The van der Waals surface area contributed by atoms with E-state index in [1.807, 2.05) is 6.92 Å². The van der Waals surface area contributed by atoms with E-state index < -0.39 is 5.60 Å². The van der Waals surface area contributed by atoms with Gasteiger partial charge in [-0.15, -0.1) is 0 Å². The van der Waals surface area contributed by atoms with Gasteiger partial charge >= 0.3 is 5.97 Å². The van der Waals surface area contributed by atoms with Crippen LogP contribution in [0.2, 0.25) is 0 Å². The third kappa shape index (κ3) is 1.65. The second kappa shape index (κ2) is 3.25. The molecule has 1 aliphatic carbocycles. The first kappa shape index (κ1) is 9.23. The van der Waals surface area contributed by atoms with Crippen LogP contribution in [-0.4, -0.2) is 17.9 Å². The van der Waals surface area contributed by atoms with E-state index in [-0.39, 0.29) is 5.97 Å². The summed E-state index contributed by atoms with van der Waals surface area (Å²) in [5, 5.41) is 0. The van der Waals surface area contributed by atoms with Crippen LogP contribution in [-0.2, 0) is 14.3 Å². The minimum Gasteiger partial charge on any atom is -0.458 e. The molecule has 3 nitrogen and oxygen atoms in total. The zero-order valence-electron chi connectivity index (χ0n) is 7.50. The fourth-order valence-corrected chi connectivity index (χ4v) is 1.72. The Hall–Kier alpha value is -0.860. The maximum Gasteiger partial charge on any atom is 0.303 e. The van der Waals surface area contributed by atoms with Gasteiger partial charge in [0.2, 0.25) is 0 Å². The number of aldehydes is 1. The lowest BCUT2D eigenvalue weighted by atomic mass is 10.1. The predicted molar refractivity (Wildman–Crippen MR) is 43.6 cm³/mol. The number of carbonyl (C=O) groups excluding carboxylic acids is 2. The van der Waals surface area contributed by atoms with E-state index in [2.05, 4.69) is 0 Å². The molecule has 0 aliphatic heterocycles. The number of carbonyl (C=O) groups is 2. The molecule has 0 amide bonds. The van der Waals surface area contributed by atoms with Gasteiger partial charge in [-0.3, -0.25) is 4.79 Å². The molecule has 0 aromatic rings. The molecular weight excluding hydrogens is 156 g/mol. The van der Waals surface area contributed by atoms with E-state index in [1.54, 1.807) is 0 Å². The van der Waals surface area contributed by atoms with Crippen LogP contribution in [0.15, 0.2) is 0 Å². The first-order valence-corrected chi connectivity index (χ1v) is 4.28. The Labute approximate surface area is 72.1 Å². The van der Waals surface area contributed by atoms with E-state index >= 15 is 0 Å². The topological polar surface area (TPSA) is 43.4 Å². The molecule has 68 valence electrons. The Kier molecular flexibility index (Phi) is 2.50. The van der Waals surface area contributed by atoms with Gasteiger partial charge in [0.1, 0.15) is 11.9 Å². The van der Waals surface area contributed by atoms with Crippen LogP contribution in [0, 0.1) is 5.92 Å². The molecule has 3 heteroatoms. The molecule has 0 radical (unpaired) electrons. The van der Waals surface area contributed by atoms with Crippen molar-refractivity contribution in [2.45, 2.75) is 38.7 Å². The number of esters is 1. The zero-order chi connectivity index (χ0) is 9.19. The summed E-state index contributed by atoms with van der Waals surface area (Å²) < 4.78 is 5.12. The monoisotopic (exact) mass is 170 g/mol. The molecule has 0 aromatic heterocycles. The van der Waals surface area contributed by atoms with Gasteiger partial charge in [-0.1, -0.05) is 6.92 Å². The number of rotatable bonds is 4. The highest BCUT2D eigenvalue weighted by atomic mass is 16.6. The van der Waals surface area contributed by atoms with Gasteiger partial charge < -0.3 is 9.53 Å². The van der Waals surface area contributed by atoms with Crippen molar-refractivity contribution in [1.29, 1.82) is 0 Å². The first-order valence-electron chi connectivity index (χ1n) is 4.28. The molecule has 0 heterocycles. The molecule has 2 atom stereocenters. The van der Waals surface area contributed by atoms with Crippen LogP contribution in [0.1, 0.15) is 33.1 Å². The lowest BCUT2D eigenvalue weighted by molar-refractivity contribution is -0.150. The highest BCUT2D eigenvalue weighted by molar-refractivity contribution is 5.68. The Balaban J connectivity index is 2.52. The SMILES string of the molecule is CC[C@H]1C[C@]1(CC=O)OC(C)=O. The minimum atomic E-state index is -0.428. The van der Waals surface area contributed by atoms with Crippen LogP contribution in [0.5, 0.6) is 0 Å². The van der Waals surface area contributed by atoms with Gasteiger partial charge in [0, 0.05) is 19.3 Å².